The van der Waals surface area contributed by atoms with Crippen LogP contribution in [0.15, 0.2) is 53.9 Å². The minimum atomic E-state index is -0.509. The minimum Gasteiger partial charge on any atom is -0.496 e. The van der Waals surface area contributed by atoms with E-state index in [0.717, 1.165) is 5.56 Å². The van der Waals surface area contributed by atoms with E-state index in [1.807, 2.05) is 12.1 Å². The zero-order chi connectivity index (χ0) is 15.1. The predicted octanol–water partition coefficient (Wildman–Crippen LogP) is 0.915. The Labute approximate surface area is 122 Å². The van der Waals surface area contributed by atoms with Crippen molar-refractivity contribution in [3.05, 3.63) is 59.9 Å². The van der Waals surface area contributed by atoms with Crippen LogP contribution in [-0.2, 0) is 16.1 Å². The number of H-pyrrole nitrogens is 1. The maximum Gasteiger partial charge on any atom is 0.339 e. The number of aromatic amines is 1. The highest BCUT2D eigenvalue weighted by Crippen LogP contribution is 2.18. The van der Waals surface area contributed by atoms with E-state index in [4.69, 9.17) is 15.3 Å². The average molecular weight is 286 g/mol. The molecule has 0 spiro atoms. The Morgan fingerprint density at radius 2 is 1.95 bits per heavy atom. The van der Waals surface area contributed by atoms with Crippen molar-refractivity contribution in [3.8, 4) is 5.75 Å². The quantitative estimate of drug-likeness (QED) is 0.383. The molecule has 0 amide bonds. The lowest BCUT2D eigenvalue weighted by Crippen LogP contribution is -2.17. The molecule has 3 N–H and O–H groups in total. The molecule has 0 saturated carbocycles. The fraction of sp³-hybridized carbons (Fsp3) is 0.133. The number of nitrogens with one attached hydrogen (secondary N) is 1. The summed E-state index contributed by atoms with van der Waals surface area (Å²) >= 11 is 0. The number of pyridine rings is 1. The number of benzene rings is 1. The Kier molecular flexibility index (Phi) is 4.87. The molecule has 2 aromatic rings. The van der Waals surface area contributed by atoms with Crippen LogP contribution in [0.2, 0.25) is 0 Å². The molecule has 0 aliphatic carbocycles. The number of nitrogens with zero attached hydrogens (tertiary/aromatic N) is 1. The number of carbonyl (C=O) groups is 1. The van der Waals surface area contributed by atoms with Gasteiger partial charge in [-0.1, -0.05) is 23.4 Å². The number of hydrogen-bond acceptors (Lipinski definition) is 4. The maximum atomic E-state index is 11.8. The summed E-state index contributed by atoms with van der Waals surface area (Å²) in [6.45, 7) is 0. The predicted molar refractivity (Wildman–Crippen MR) is 76.5 cm³/mol. The number of methoxy groups -OCH3 is 1. The van der Waals surface area contributed by atoms with E-state index in [1.54, 1.807) is 43.8 Å². The number of carbonyl (C=O) groups excluding carboxylic acids is 1. The maximum absolute atomic E-state index is 11.8. The molecule has 0 saturated heterocycles. The summed E-state index contributed by atoms with van der Waals surface area (Å²) in [6, 6.07) is 10.7. The van der Waals surface area contributed by atoms with Gasteiger partial charge < -0.3 is 15.3 Å². The van der Waals surface area contributed by atoms with Gasteiger partial charge >= 0.3 is 5.97 Å². The molecule has 6 nitrogen and oxygen atoms in total. The Hall–Kier alpha value is -2.89. The molecule has 0 fully saturated rings. The van der Waals surface area contributed by atoms with Crippen LogP contribution in [0.1, 0.15) is 11.1 Å². The van der Waals surface area contributed by atoms with Crippen molar-refractivity contribution in [1.29, 1.82) is 0 Å². The van der Waals surface area contributed by atoms with Crippen LogP contribution in [0.5, 0.6) is 5.75 Å². The first-order valence-electron chi connectivity index (χ1n) is 6.32. The highest BCUT2D eigenvalue weighted by Gasteiger charge is 2.10. The Morgan fingerprint density at radius 1 is 1.24 bits per heavy atom. The van der Waals surface area contributed by atoms with Crippen molar-refractivity contribution in [1.82, 2.24) is 0 Å². The summed E-state index contributed by atoms with van der Waals surface area (Å²) in [5.74, 6) is 0.257. The number of nitrogens with two attached hydrogens (primary N) is 1. The largest absolute Gasteiger partial charge is 0.496 e. The van der Waals surface area contributed by atoms with Crippen LogP contribution in [0, 0.1) is 0 Å². The lowest BCUT2D eigenvalue weighted by Gasteiger charge is -2.06. The van der Waals surface area contributed by atoms with E-state index in [9.17, 15) is 4.79 Å². The number of amidine groups is 1. The van der Waals surface area contributed by atoms with Gasteiger partial charge in [0.15, 0.2) is 18.2 Å². The molecule has 0 radical (unpaired) electrons. The molecule has 2 rings (SSSR count). The SMILES string of the molecule is COc1ccccc1CC(=O)ON=C(N)c1cc[nH+]cc1. The summed E-state index contributed by atoms with van der Waals surface area (Å²) in [6.07, 6.45) is 3.46. The molecule has 0 bridgehead atoms. The van der Waals surface area contributed by atoms with Crippen LogP contribution in [-0.4, -0.2) is 18.9 Å². The number of oxime groups is 1. The highest BCUT2D eigenvalue weighted by atomic mass is 16.7. The van der Waals surface area contributed by atoms with Gasteiger partial charge in [0.05, 0.1) is 13.5 Å². The number of aromatic nitrogens is 1. The van der Waals surface area contributed by atoms with Crippen LogP contribution < -0.4 is 15.5 Å². The molecule has 6 heteroatoms. The number of rotatable bonds is 5. The molecular weight excluding hydrogens is 270 g/mol. The van der Waals surface area contributed by atoms with Crippen LogP contribution in [0.3, 0.4) is 0 Å². The molecule has 0 atom stereocenters. The average Bonchev–Trinajstić information content (AvgIpc) is 2.54. The number of para-hydroxylation sites is 1. The first-order valence-corrected chi connectivity index (χ1v) is 6.32. The lowest BCUT2D eigenvalue weighted by atomic mass is 10.1. The zero-order valence-corrected chi connectivity index (χ0v) is 11.6. The Balaban J connectivity index is 1.99. The van der Waals surface area contributed by atoms with Gasteiger partial charge in [0, 0.05) is 23.3 Å². The standard InChI is InChI=1S/C15H15N3O3/c1-20-13-5-3-2-4-12(13)10-14(19)21-18-15(16)11-6-8-17-9-7-11/h2-9H,10H2,1H3,(H2,16,18)/p+1. The summed E-state index contributed by atoms with van der Waals surface area (Å²) < 4.78 is 5.17. The third-order valence-corrected chi connectivity index (χ3v) is 2.79. The summed E-state index contributed by atoms with van der Waals surface area (Å²) in [5.41, 5.74) is 7.12. The van der Waals surface area contributed by atoms with Crippen molar-refractivity contribution in [2.75, 3.05) is 7.11 Å². The van der Waals surface area contributed by atoms with Gasteiger partial charge in [-0.2, -0.15) is 0 Å². The molecule has 0 unspecified atom stereocenters. The Morgan fingerprint density at radius 3 is 2.67 bits per heavy atom. The number of ether oxygens (including phenoxy) is 1. The highest BCUT2D eigenvalue weighted by molar-refractivity contribution is 5.97. The molecule has 1 heterocycles. The molecular formula is C15H16N3O3+. The van der Waals surface area contributed by atoms with Crippen LogP contribution in [0.4, 0.5) is 0 Å². The fourth-order valence-corrected chi connectivity index (χ4v) is 1.75. The molecule has 0 aliphatic heterocycles. The molecule has 1 aromatic heterocycles. The second-order valence-electron chi connectivity index (χ2n) is 4.22. The summed E-state index contributed by atoms with van der Waals surface area (Å²) in [7, 11) is 1.55. The van der Waals surface area contributed by atoms with E-state index >= 15 is 0 Å². The van der Waals surface area contributed by atoms with Crippen LogP contribution in [0.25, 0.3) is 0 Å². The van der Waals surface area contributed by atoms with Gasteiger partial charge in [-0.05, 0) is 6.07 Å². The fourth-order valence-electron chi connectivity index (χ4n) is 1.75. The van der Waals surface area contributed by atoms with Gasteiger partial charge in [-0.15, -0.1) is 0 Å². The lowest BCUT2D eigenvalue weighted by molar-refractivity contribution is -0.378. The van der Waals surface area contributed by atoms with E-state index in [0.29, 0.717) is 11.3 Å². The topological polar surface area (TPSA) is 88.0 Å². The third kappa shape index (κ3) is 4.04. The van der Waals surface area contributed by atoms with E-state index in [2.05, 4.69) is 10.1 Å². The van der Waals surface area contributed by atoms with Crippen molar-refractivity contribution in [2.45, 2.75) is 6.42 Å². The first kappa shape index (κ1) is 14.5. The van der Waals surface area contributed by atoms with Crippen molar-refractivity contribution in [3.63, 3.8) is 0 Å². The van der Waals surface area contributed by atoms with Crippen molar-refractivity contribution >= 4 is 11.8 Å². The molecule has 21 heavy (non-hydrogen) atoms. The Bertz CT molecular complexity index is 642. The minimum absolute atomic E-state index is 0.0589. The third-order valence-electron chi connectivity index (χ3n) is 2.79. The molecule has 1 aromatic carbocycles. The monoisotopic (exact) mass is 286 g/mol. The molecule has 108 valence electrons. The van der Waals surface area contributed by atoms with Crippen LogP contribution >= 0.6 is 0 Å². The molecule has 0 aliphatic rings. The summed E-state index contributed by atoms with van der Waals surface area (Å²) in [5, 5.41) is 3.64. The van der Waals surface area contributed by atoms with Gasteiger partial charge in [0.1, 0.15) is 5.75 Å². The van der Waals surface area contributed by atoms with Gasteiger partial charge in [0.2, 0.25) is 0 Å². The second kappa shape index (κ2) is 7.04. The number of hydrogen-bond donors (Lipinski definition) is 1. The normalized spacial score (nSPS) is 11.0. The van der Waals surface area contributed by atoms with E-state index in [-0.39, 0.29) is 12.3 Å². The second-order valence-corrected chi connectivity index (χ2v) is 4.22. The summed E-state index contributed by atoms with van der Waals surface area (Å²) in [4.78, 5) is 19.5. The van der Waals surface area contributed by atoms with Gasteiger partial charge in [-0.25, -0.2) is 9.78 Å². The van der Waals surface area contributed by atoms with Crippen molar-refractivity contribution in [2.24, 2.45) is 10.9 Å². The zero-order valence-electron chi connectivity index (χ0n) is 11.6. The van der Waals surface area contributed by atoms with Gasteiger partial charge in [0.25, 0.3) is 0 Å². The van der Waals surface area contributed by atoms with E-state index < -0.39 is 5.97 Å². The van der Waals surface area contributed by atoms with E-state index in [1.165, 1.54) is 0 Å². The van der Waals surface area contributed by atoms with Gasteiger partial charge in [-0.3, -0.25) is 0 Å². The van der Waals surface area contributed by atoms with Crippen molar-refractivity contribution < 1.29 is 19.4 Å². The smallest absolute Gasteiger partial charge is 0.339 e. The first-order chi connectivity index (χ1) is 10.2.